The average molecular weight is 306 g/mol. The standard InChI is InChI=1S/C20H19FN2/c1-14-18-4-2-3-13-23(18)20(16-5-7-17(21)8-6-16)19(14)15-9-11-22-12-10-15/h5-12H,2-4,13H2,1H3. The lowest BCUT2D eigenvalue weighted by atomic mass is 9.98. The van der Waals surface area contributed by atoms with Crippen molar-refractivity contribution in [2.24, 2.45) is 0 Å². The van der Waals surface area contributed by atoms with Crippen molar-refractivity contribution < 1.29 is 4.39 Å². The number of hydrogen-bond acceptors (Lipinski definition) is 1. The van der Waals surface area contributed by atoms with Gasteiger partial charge in [-0.2, -0.15) is 0 Å². The molecule has 1 aromatic carbocycles. The smallest absolute Gasteiger partial charge is 0.123 e. The van der Waals surface area contributed by atoms with Crippen molar-refractivity contribution in [1.29, 1.82) is 0 Å². The molecular weight excluding hydrogens is 287 g/mol. The minimum atomic E-state index is -0.193. The fourth-order valence-electron chi connectivity index (χ4n) is 3.71. The van der Waals surface area contributed by atoms with Gasteiger partial charge in [0.1, 0.15) is 5.82 Å². The van der Waals surface area contributed by atoms with E-state index in [9.17, 15) is 4.39 Å². The maximum absolute atomic E-state index is 13.4. The van der Waals surface area contributed by atoms with Crippen LogP contribution in [0.4, 0.5) is 4.39 Å². The Morgan fingerprint density at radius 3 is 2.43 bits per heavy atom. The SMILES string of the molecule is Cc1c(-c2ccncc2)c(-c2ccc(F)cc2)n2c1CCCC2. The summed E-state index contributed by atoms with van der Waals surface area (Å²) in [7, 11) is 0. The Morgan fingerprint density at radius 2 is 1.70 bits per heavy atom. The molecule has 3 heteroatoms. The summed E-state index contributed by atoms with van der Waals surface area (Å²) in [4.78, 5) is 4.14. The summed E-state index contributed by atoms with van der Waals surface area (Å²) in [5.74, 6) is -0.193. The van der Waals surface area contributed by atoms with E-state index in [1.165, 1.54) is 40.9 Å². The van der Waals surface area contributed by atoms with Crippen molar-refractivity contribution in [3.8, 4) is 22.4 Å². The molecule has 2 aromatic heterocycles. The zero-order valence-electron chi connectivity index (χ0n) is 13.2. The molecule has 0 fully saturated rings. The zero-order valence-corrected chi connectivity index (χ0v) is 13.2. The van der Waals surface area contributed by atoms with Crippen LogP contribution in [0.3, 0.4) is 0 Å². The van der Waals surface area contributed by atoms with Gasteiger partial charge in [-0.05, 0) is 79.3 Å². The first-order valence-corrected chi connectivity index (χ1v) is 8.14. The Labute approximate surface area is 135 Å². The molecule has 3 heterocycles. The highest BCUT2D eigenvalue weighted by Gasteiger charge is 2.24. The van der Waals surface area contributed by atoms with Crippen molar-refractivity contribution in [3.05, 3.63) is 65.9 Å². The van der Waals surface area contributed by atoms with E-state index in [0.717, 1.165) is 18.5 Å². The van der Waals surface area contributed by atoms with Gasteiger partial charge >= 0.3 is 0 Å². The van der Waals surface area contributed by atoms with E-state index < -0.39 is 0 Å². The Morgan fingerprint density at radius 1 is 0.957 bits per heavy atom. The first kappa shape index (κ1) is 14.2. The topological polar surface area (TPSA) is 17.8 Å². The molecule has 0 atom stereocenters. The van der Waals surface area contributed by atoms with Crippen LogP contribution in [-0.2, 0) is 13.0 Å². The second-order valence-electron chi connectivity index (χ2n) is 6.15. The highest BCUT2D eigenvalue weighted by atomic mass is 19.1. The normalized spacial score (nSPS) is 13.8. The van der Waals surface area contributed by atoms with Gasteiger partial charge in [0.05, 0.1) is 5.69 Å². The van der Waals surface area contributed by atoms with Crippen LogP contribution in [0.5, 0.6) is 0 Å². The van der Waals surface area contributed by atoms with E-state index >= 15 is 0 Å². The molecule has 116 valence electrons. The van der Waals surface area contributed by atoms with Crippen LogP contribution in [0, 0.1) is 12.7 Å². The Hall–Kier alpha value is -2.42. The first-order chi connectivity index (χ1) is 11.3. The highest BCUT2D eigenvalue weighted by molar-refractivity contribution is 5.85. The van der Waals surface area contributed by atoms with Crippen LogP contribution in [0.15, 0.2) is 48.8 Å². The van der Waals surface area contributed by atoms with Crippen molar-refractivity contribution in [2.75, 3.05) is 0 Å². The number of nitrogens with zero attached hydrogens (tertiary/aromatic N) is 2. The minimum absolute atomic E-state index is 0.193. The Kier molecular flexibility index (Phi) is 3.49. The molecular formula is C20H19FN2. The summed E-state index contributed by atoms with van der Waals surface area (Å²) in [6.07, 6.45) is 7.22. The van der Waals surface area contributed by atoms with Gasteiger partial charge in [-0.25, -0.2) is 4.39 Å². The van der Waals surface area contributed by atoms with E-state index in [-0.39, 0.29) is 5.82 Å². The van der Waals surface area contributed by atoms with E-state index in [1.807, 2.05) is 24.5 Å². The summed E-state index contributed by atoms with van der Waals surface area (Å²) in [6, 6.07) is 11.0. The molecule has 0 unspecified atom stereocenters. The predicted octanol–water partition coefficient (Wildman–Crippen LogP) is 5.00. The summed E-state index contributed by atoms with van der Waals surface area (Å²) in [5, 5.41) is 0. The molecule has 0 bridgehead atoms. The van der Waals surface area contributed by atoms with Crippen molar-refractivity contribution in [3.63, 3.8) is 0 Å². The maximum atomic E-state index is 13.4. The van der Waals surface area contributed by atoms with Crippen molar-refractivity contribution >= 4 is 0 Å². The molecule has 3 aromatic rings. The van der Waals surface area contributed by atoms with E-state index in [1.54, 1.807) is 12.1 Å². The average Bonchev–Trinajstić information content (AvgIpc) is 2.90. The first-order valence-electron chi connectivity index (χ1n) is 8.14. The third-order valence-electron chi connectivity index (χ3n) is 4.77. The maximum Gasteiger partial charge on any atom is 0.123 e. The number of hydrogen-bond donors (Lipinski definition) is 0. The molecule has 0 amide bonds. The predicted molar refractivity (Wildman–Crippen MR) is 90.7 cm³/mol. The van der Waals surface area contributed by atoms with Gasteiger partial charge in [-0.1, -0.05) is 0 Å². The van der Waals surface area contributed by atoms with E-state index in [2.05, 4.69) is 28.6 Å². The summed E-state index contributed by atoms with van der Waals surface area (Å²) >= 11 is 0. The molecule has 0 radical (unpaired) electrons. The molecule has 1 aliphatic rings. The number of pyridine rings is 1. The third-order valence-corrected chi connectivity index (χ3v) is 4.77. The second-order valence-corrected chi connectivity index (χ2v) is 6.15. The molecule has 0 N–H and O–H groups in total. The van der Waals surface area contributed by atoms with Gasteiger partial charge in [0, 0.05) is 30.2 Å². The summed E-state index contributed by atoms with van der Waals surface area (Å²) < 4.78 is 15.8. The fraction of sp³-hybridized carbons (Fsp3) is 0.250. The number of fused-ring (bicyclic) bond motifs is 1. The molecule has 1 aliphatic heterocycles. The summed E-state index contributed by atoms with van der Waals surface area (Å²) in [6.45, 7) is 3.24. The van der Waals surface area contributed by atoms with Gasteiger partial charge in [0.2, 0.25) is 0 Å². The van der Waals surface area contributed by atoms with Gasteiger partial charge in [-0.15, -0.1) is 0 Å². The number of aromatic nitrogens is 2. The van der Waals surface area contributed by atoms with Crippen LogP contribution >= 0.6 is 0 Å². The summed E-state index contributed by atoms with van der Waals surface area (Å²) in [5.41, 5.74) is 7.49. The van der Waals surface area contributed by atoms with Gasteiger partial charge < -0.3 is 4.57 Å². The molecule has 0 spiro atoms. The molecule has 23 heavy (non-hydrogen) atoms. The molecule has 0 saturated carbocycles. The number of rotatable bonds is 2. The van der Waals surface area contributed by atoms with Crippen LogP contribution in [0.25, 0.3) is 22.4 Å². The lowest BCUT2D eigenvalue weighted by molar-refractivity contribution is 0.535. The van der Waals surface area contributed by atoms with E-state index in [0.29, 0.717) is 0 Å². The van der Waals surface area contributed by atoms with Crippen molar-refractivity contribution in [2.45, 2.75) is 32.7 Å². The van der Waals surface area contributed by atoms with Crippen molar-refractivity contribution in [1.82, 2.24) is 9.55 Å². The van der Waals surface area contributed by atoms with Crippen LogP contribution in [-0.4, -0.2) is 9.55 Å². The highest BCUT2D eigenvalue weighted by Crippen LogP contribution is 2.40. The molecule has 0 saturated heterocycles. The van der Waals surface area contributed by atoms with Gasteiger partial charge in [0.25, 0.3) is 0 Å². The number of halogens is 1. The number of benzene rings is 1. The molecule has 4 rings (SSSR count). The molecule has 2 nitrogen and oxygen atoms in total. The Bertz CT molecular complexity index is 832. The fourth-order valence-corrected chi connectivity index (χ4v) is 3.71. The monoisotopic (exact) mass is 306 g/mol. The lowest BCUT2D eigenvalue weighted by Gasteiger charge is -2.19. The quantitative estimate of drug-likeness (QED) is 0.651. The second kappa shape index (κ2) is 5.65. The van der Waals surface area contributed by atoms with Gasteiger partial charge in [-0.3, -0.25) is 4.98 Å². The lowest BCUT2D eigenvalue weighted by Crippen LogP contribution is -2.11. The third kappa shape index (κ3) is 2.37. The van der Waals surface area contributed by atoms with Crippen LogP contribution < -0.4 is 0 Å². The van der Waals surface area contributed by atoms with Crippen LogP contribution in [0.2, 0.25) is 0 Å². The zero-order chi connectivity index (χ0) is 15.8. The van der Waals surface area contributed by atoms with E-state index in [4.69, 9.17) is 0 Å². The van der Waals surface area contributed by atoms with Gasteiger partial charge in [0.15, 0.2) is 0 Å². The van der Waals surface area contributed by atoms with Crippen LogP contribution in [0.1, 0.15) is 24.1 Å². The Balaban J connectivity index is 2.01. The molecule has 0 aliphatic carbocycles. The largest absolute Gasteiger partial charge is 0.344 e. The minimum Gasteiger partial charge on any atom is -0.344 e.